The van der Waals surface area contributed by atoms with Gasteiger partial charge in [-0.1, -0.05) is 0 Å². The fourth-order valence-corrected chi connectivity index (χ4v) is 2.16. The van der Waals surface area contributed by atoms with E-state index < -0.39 is 0 Å². The minimum absolute atomic E-state index is 0.154. The van der Waals surface area contributed by atoms with E-state index in [0.717, 1.165) is 25.8 Å². The molecular formula is C12H18N4O2. The van der Waals surface area contributed by atoms with Gasteiger partial charge in [-0.2, -0.15) is 0 Å². The lowest BCUT2D eigenvalue weighted by molar-refractivity contribution is 0.0957. The lowest BCUT2D eigenvalue weighted by Crippen LogP contribution is -2.20. The summed E-state index contributed by atoms with van der Waals surface area (Å²) in [5.41, 5.74) is 0.305. The number of nitrogens with one attached hydrogen (secondary N) is 2. The first kappa shape index (κ1) is 12.8. The summed E-state index contributed by atoms with van der Waals surface area (Å²) >= 11 is 0. The van der Waals surface area contributed by atoms with Crippen LogP contribution in [0.1, 0.15) is 29.8 Å². The number of carbonyl (C=O) groups excluding carboxylic acids is 1. The van der Waals surface area contributed by atoms with Gasteiger partial charge in [0.15, 0.2) is 5.69 Å². The van der Waals surface area contributed by atoms with Gasteiger partial charge in [-0.15, -0.1) is 10.2 Å². The van der Waals surface area contributed by atoms with Gasteiger partial charge in [-0.05, 0) is 37.3 Å². The van der Waals surface area contributed by atoms with Crippen LogP contribution in [-0.4, -0.2) is 40.9 Å². The predicted molar refractivity (Wildman–Crippen MR) is 67.3 cm³/mol. The molecular weight excluding hydrogens is 232 g/mol. The van der Waals surface area contributed by atoms with Crippen LogP contribution in [-0.2, 0) is 0 Å². The molecule has 0 saturated heterocycles. The van der Waals surface area contributed by atoms with Crippen molar-refractivity contribution >= 4 is 11.7 Å². The molecule has 2 rings (SSSR count). The fourth-order valence-electron chi connectivity index (χ4n) is 2.16. The Kier molecular flexibility index (Phi) is 4.09. The molecule has 1 aromatic heterocycles. The number of aliphatic hydroxyl groups excluding tert-OH is 1. The van der Waals surface area contributed by atoms with Crippen LogP contribution in [0.4, 0.5) is 5.82 Å². The highest BCUT2D eigenvalue weighted by Crippen LogP contribution is 2.25. The van der Waals surface area contributed by atoms with Crippen molar-refractivity contribution in [2.45, 2.75) is 25.4 Å². The number of aromatic nitrogens is 2. The van der Waals surface area contributed by atoms with Crippen molar-refractivity contribution in [3.8, 4) is 0 Å². The maximum absolute atomic E-state index is 11.3. The second-order valence-corrected chi connectivity index (χ2v) is 4.60. The van der Waals surface area contributed by atoms with Crippen LogP contribution in [0.5, 0.6) is 0 Å². The van der Waals surface area contributed by atoms with Crippen LogP contribution >= 0.6 is 0 Å². The minimum Gasteiger partial charge on any atom is -0.393 e. The molecule has 6 heteroatoms. The monoisotopic (exact) mass is 250 g/mol. The first-order valence-electron chi connectivity index (χ1n) is 6.17. The summed E-state index contributed by atoms with van der Waals surface area (Å²) < 4.78 is 0. The van der Waals surface area contributed by atoms with Gasteiger partial charge in [0.1, 0.15) is 5.82 Å². The zero-order valence-corrected chi connectivity index (χ0v) is 10.4. The Morgan fingerprint density at radius 2 is 2.28 bits per heavy atom. The molecule has 1 aromatic rings. The third kappa shape index (κ3) is 3.16. The second kappa shape index (κ2) is 5.77. The Hall–Kier alpha value is -1.69. The van der Waals surface area contributed by atoms with Crippen LogP contribution in [0.15, 0.2) is 12.1 Å². The Morgan fingerprint density at radius 3 is 2.83 bits per heavy atom. The molecule has 0 aromatic carbocycles. The Balaban J connectivity index is 1.85. The van der Waals surface area contributed by atoms with E-state index >= 15 is 0 Å². The molecule has 18 heavy (non-hydrogen) atoms. The number of nitrogens with zero attached hydrogens (tertiary/aromatic N) is 2. The summed E-state index contributed by atoms with van der Waals surface area (Å²) in [6, 6.07) is 3.38. The Labute approximate surface area is 106 Å². The van der Waals surface area contributed by atoms with Gasteiger partial charge >= 0.3 is 0 Å². The summed E-state index contributed by atoms with van der Waals surface area (Å²) in [6.07, 6.45) is 2.61. The first-order valence-corrected chi connectivity index (χ1v) is 6.17. The molecule has 0 spiro atoms. The Morgan fingerprint density at radius 1 is 1.44 bits per heavy atom. The van der Waals surface area contributed by atoms with Crippen molar-refractivity contribution in [1.29, 1.82) is 0 Å². The van der Waals surface area contributed by atoms with Crippen LogP contribution in [0.2, 0.25) is 0 Å². The summed E-state index contributed by atoms with van der Waals surface area (Å²) in [5, 5.41) is 22.9. The van der Waals surface area contributed by atoms with Crippen LogP contribution in [0.25, 0.3) is 0 Å². The topological polar surface area (TPSA) is 87.1 Å². The van der Waals surface area contributed by atoms with Gasteiger partial charge in [0.05, 0.1) is 6.10 Å². The lowest BCUT2D eigenvalue weighted by atomic mass is 10.1. The van der Waals surface area contributed by atoms with Crippen LogP contribution in [0.3, 0.4) is 0 Å². The molecule has 0 bridgehead atoms. The summed E-state index contributed by atoms with van der Waals surface area (Å²) in [6.45, 7) is 0.783. The molecule has 1 heterocycles. The quantitative estimate of drug-likeness (QED) is 0.720. The normalized spacial score (nSPS) is 22.8. The number of anilines is 1. The van der Waals surface area contributed by atoms with Gasteiger partial charge < -0.3 is 15.7 Å². The van der Waals surface area contributed by atoms with E-state index in [1.54, 1.807) is 19.2 Å². The van der Waals surface area contributed by atoms with E-state index in [2.05, 4.69) is 20.8 Å². The second-order valence-electron chi connectivity index (χ2n) is 4.60. The summed E-state index contributed by atoms with van der Waals surface area (Å²) in [7, 11) is 1.56. The molecule has 3 N–H and O–H groups in total. The van der Waals surface area contributed by atoms with Crippen LogP contribution in [0, 0.1) is 5.92 Å². The van der Waals surface area contributed by atoms with Crippen molar-refractivity contribution in [3.05, 3.63) is 17.8 Å². The third-order valence-corrected chi connectivity index (χ3v) is 3.21. The highest BCUT2D eigenvalue weighted by atomic mass is 16.3. The van der Waals surface area contributed by atoms with E-state index in [4.69, 9.17) is 0 Å². The maximum Gasteiger partial charge on any atom is 0.271 e. The van der Waals surface area contributed by atoms with E-state index in [1.165, 1.54) is 0 Å². The molecule has 1 saturated carbocycles. The van der Waals surface area contributed by atoms with Crippen molar-refractivity contribution < 1.29 is 9.90 Å². The number of hydrogen-bond donors (Lipinski definition) is 3. The standard InChI is InChI=1S/C12H18N4O2/c1-13-12(18)10-4-5-11(16-15-10)14-7-8-2-3-9(17)6-8/h4-5,8-9,17H,2-3,6-7H2,1H3,(H,13,18)(H,14,16). The van der Waals surface area contributed by atoms with Gasteiger partial charge in [-0.25, -0.2) is 0 Å². The van der Waals surface area contributed by atoms with E-state index in [9.17, 15) is 9.90 Å². The molecule has 0 aliphatic heterocycles. The van der Waals surface area contributed by atoms with Gasteiger partial charge in [-0.3, -0.25) is 4.79 Å². The number of aliphatic hydroxyl groups is 1. The maximum atomic E-state index is 11.3. The van der Waals surface area contributed by atoms with Crippen molar-refractivity contribution in [3.63, 3.8) is 0 Å². The minimum atomic E-state index is -0.243. The molecule has 1 aliphatic carbocycles. The molecule has 1 fully saturated rings. The van der Waals surface area contributed by atoms with E-state index in [1.807, 2.05) is 0 Å². The molecule has 6 nitrogen and oxygen atoms in total. The molecule has 2 atom stereocenters. The zero-order chi connectivity index (χ0) is 13.0. The van der Waals surface area contributed by atoms with Crippen molar-refractivity contribution in [2.24, 2.45) is 5.92 Å². The average Bonchev–Trinajstić information content (AvgIpc) is 2.82. The van der Waals surface area contributed by atoms with Gasteiger partial charge in [0, 0.05) is 13.6 Å². The highest BCUT2D eigenvalue weighted by molar-refractivity contribution is 5.91. The lowest BCUT2D eigenvalue weighted by Gasteiger charge is -2.10. The van der Waals surface area contributed by atoms with E-state index in [0.29, 0.717) is 17.4 Å². The average molecular weight is 250 g/mol. The van der Waals surface area contributed by atoms with E-state index in [-0.39, 0.29) is 12.0 Å². The molecule has 1 aliphatic rings. The fraction of sp³-hybridized carbons (Fsp3) is 0.583. The predicted octanol–water partition coefficient (Wildman–Crippen LogP) is 0.409. The number of amides is 1. The summed E-state index contributed by atoms with van der Waals surface area (Å²) in [4.78, 5) is 11.3. The molecule has 0 radical (unpaired) electrons. The Bertz CT molecular complexity index is 407. The van der Waals surface area contributed by atoms with Crippen molar-refractivity contribution in [1.82, 2.24) is 15.5 Å². The molecule has 98 valence electrons. The highest BCUT2D eigenvalue weighted by Gasteiger charge is 2.22. The summed E-state index contributed by atoms with van der Waals surface area (Å²) in [5.74, 6) is 0.900. The largest absolute Gasteiger partial charge is 0.393 e. The zero-order valence-electron chi connectivity index (χ0n) is 10.4. The third-order valence-electron chi connectivity index (χ3n) is 3.21. The smallest absolute Gasteiger partial charge is 0.271 e. The van der Waals surface area contributed by atoms with Gasteiger partial charge in [0.2, 0.25) is 0 Å². The van der Waals surface area contributed by atoms with Gasteiger partial charge in [0.25, 0.3) is 5.91 Å². The van der Waals surface area contributed by atoms with Crippen molar-refractivity contribution in [2.75, 3.05) is 18.9 Å². The number of rotatable bonds is 4. The van der Waals surface area contributed by atoms with Crippen LogP contribution < -0.4 is 10.6 Å². The first-order chi connectivity index (χ1) is 8.69. The number of carbonyl (C=O) groups is 1. The molecule has 1 amide bonds. The molecule has 2 unspecified atom stereocenters. The SMILES string of the molecule is CNC(=O)c1ccc(NCC2CCC(O)C2)nn1. The number of hydrogen-bond acceptors (Lipinski definition) is 5.